The topological polar surface area (TPSA) is 72.7 Å². The van der Waals surface area contributed by atoms with Crippen LogP contribution in [0.2, 0.25) is 5.02 Å². The number of nitrogens with one attached hydrogen (secondary N) is 1. The fraction of sp³-hybridized carbons (Fsp3) is 0.111. The van der Waals surface area contributed by atoms with Crippen LogP contribution in [0.1, 0.15) is 0 Å². The number of carbonyl (C=O) groups excluding carboxylic acids is 1. The smallest absolute Gasteiger partial charge is 0.234 e. The number of hydrogen-bond acceptors (Lipinski definition) is 5. The minimum Gasteiger partial charge on any atom is -0.324 e. The highest BCUT2D eigenvalue weighted by molar-refractivity contribution is 7.99. The van der Waals surface area contributed by atoms with Crippen molar-refractivity contribution in [1.82, 2.24) is 19.7 Å². The first-order valence-electron chi connectivity index (χ1n) is 7.80. The van der Waals surface area contributed by atoms with Crippen LogP contribution in [-0.2, 0) is 11.3 Å². The lowest BCUT2D eigenvalue weighted by atomic mass is 10.3. The van der Waals surface area contributed by atoms with Crippen molar-refractivity contribution in [1.29, 1.82) is 0 Å². The molecule has 0 radical (unpaired) electrons. The Morgan fingerprint density at radius 2 is 2.12 bits per heavy atom. The van der Waals surface area contributed by atoms with Gasteiger partial charge in [0, 0.05) is 24.5 Å². The summed E-state index contributed by atoms with van der Waals surface area (Å²) in [6, 6.07) is 10.9. The summed E-state index contributed by atoms with van der Waals surface area (Å²) in [7, 11) is 0. The first-order chi connectivity index (χ1) is 12.7. The van der Waals surface area contributed by atoms with Gasteiger partial charge >= 0.3 is 0 Å². The molecule has 6 nitrogen and oxygen atoms in total. The normalized spacial score (nSPS) is 10.5. The molecule has 26 heavy (non-hydrogen) atoms. The zero-order valence-electron chi connectivity index (χ0n) is 13.8. The lowest BCUT2D eigenvalue weighted by Crippen LogP contribution is -2.15. The van der Waals surface area contributed by atoms with Gasteiger partial charge in [0.2, 0.25) is 5.91 Å². The van der Waals surface area contributed by atoms with Crippen LogP contribution in [0.15, 0.2) is 66.6 Å². The van der Waals surface area contributed by atoms with E-state index in [9.17, 15) is 4.79 Å². The van der Waals surface area contributed by atoms with Crippen LogP contribution in [0, 0.1) is 0 Å². The number of allylic oxidation sites excluding steroid dienone is 1. The standard InChI is InChI=1S/C18H16ClN5OS/c1-2-10-24-17(13-6-5-9-20-11-13)22-23-18(24)26-12-16(25)21-15-8-4-3-7-14(15)19/h2-9,11H,1,10,12H2,(H,21,25). The fourth-order valence-electron chi connectivity index (χ4n) is 2.28. The van der Waals surface area contributed by atoms with Gasteiger partial charge in [-0.2, -0.15) is 0 Å². The Labute approximate surface area is 160 Å². The second-order valence-electron chi connectivity index (χ2n) is 5.26. The Morgan fingerprint density at radius 3 is 2.85 bits per heavy atom. The Morgan fingerprint density at radius 1 is 1.27 bits per heavy atom. The summed E-state index contributed by atoms with van der Waals surface area (Å²) in [4.78, 5) is 16.3. The van der Waals surface area contributed by atoms with E-state index in [1.54, 1.807) is 30.6 Å². The van der Waals surface area contributed by atoms with Crippen molar-refractivity contribution in [3.8, 4) is 11.4 Å². The van der Waals surface area contributed by atoms with Crippen LogP contribution in [0.4, 0.5) is 5.69 Å². The minimum absolute atomic E-state index is 0.167. The average Bonchev–Trinajstić information content (AvgIpc) is 3.06. The van der Waals surface area contributed by atoms with Crippen LogP contribution in [0.3, 0.4) is 0 Å². The van der Waals surface area contributed by atoms with E-state index in [1.165, 1.54) is 11.8 Å². The summed E-state index contributed by atoms with van der Waals surface area (Å²) in [6.45, 7) is 4.31. The maximum atomic E-state index is 12.2. The molecule has 8 heteroatoms. The number of para-hydroxylation sites is 1. The Bertz CT molecular complexity index is 913. The molecule has 0 saturated carbocycles. The number of nitrogens with zero attached hydrogens (tertiary/aromatic N) is 4. The molecule has 2 aromatic heterocycles. The molecule has 0 aliphatic rings. The number of carbonyl (C=O) groups is 1. The number of thioether (sulfide) groups is 1. The van der Waals surface area contributed by atoms with Crippen LogP contribution in [0.5, 0.6) is 0 Å². The molecule has 1 aromatic carbocycles. The molecule has 0 saturated heterocycles. The minimum atomic E-state index is -0.167. The number of pyridine rings is 1. The zero-order chi connectivity index (χ0) is 18.4. The van der Waals surface area contributed by atoms with Gasteiger partial charge in [-0.25, -0.2) is 0 Å². The van der Waals surface area contributed by atoms with Crippen molar-refractivity contribution in [2.45, 2.75) is 11.7 Å². The zero-order valence-corrected chi connectivity index (χ0v) is 15.4. The van der Waals surface area contributed by atoms with Crippen molar-refractivity contribution in [3.05, 3.63) is 66.5 Å². The van der Waals surface area contributed by atoms with E-state index < -0.39 is 0 Å². The number of halogens is 1. The molecule has 0 atom stereocenters. The molecule has 0 spiro atoms. The highest BCUT2D eigenvalue weighted by atomic mass is 35.5. The van der Waals surface area contributed by atoms with Gasteiger partial charge in [0.1, 0.15) is 0 Å². The highest BCUT2D eigenvalue weighted by Crippen LogP contribution is 2.24. The van der Waals surface area contributed by atoms with Gasteiger partial charge in [-0.1, -0.05) is 41.6 Å². The number of aromatic nitrogens is 4. The molecule has 0 aliphatic heterocycles. The van der Waals surface area contributed by atoms with Gasteiger partial charge in [-0.15, -0.1) is 16.8 Å². The molecule has 2 heterocycles. The molecule has 1 amide bonds. The maximum absolute atomic E-state index is 12.2. The molecule has 3 rings (SSSR count). The molecule has 0 bridgehead atoms. The average molecular weight is 386 g/mol. The van der Waals surface area contributed by atoms with E-state index >= 15 is 0 Å². The Balaban J connectivity index is 1.72. The molecule has 3 aromatic rings. The molecular formula is C18H16ClN5OS. The SMILES string of the molecule is C=CCn1c(SCC(=O)Nc2ccccc2Cl)nnc1-c1cccnc1. The number of amides is 1. The van der Waals surface area contributed by atoms with Gasteiger partial charge < -0.3 is 5.32 Å². The fourth-order valence-corrected chi connectivity index (χ4v) is 3.21. The van der Waals surface area contributed by atoms with Crippen LogP contribution in [0.25, 0.3) is 11.4 Å². The number of hydrogen-bond donors (Lipinski definition) is 1. The third kappa shape index (κ3) is 4.30. The van der Waals surface area contributed by atoms with E-state index in [0.29, 0.717) is 28.2 Å². The van der Waals surface area contributed by atoms with Crippen LogP contribution in [-0.4, -0.2) is 31.4 Å². The molecule has 132 valence electrons. The van der Waals surface area contributed by atoms with Crippen molar-refractivity contribution in [2.24, 2.45) is 0 Å². The lowest BCUT2D eigenvalue weighted by Gasteiger charge is -2.08. The highest BCUT2D eigenvalue weighted by Gasteiger charge is 2.15. The first-order valence-corrected chi connectivity index (χ1v) is 9.17. The summed E-state index contributed by atoms with van der Waals surface area (Å²) in [5.41, 5.74) is 1.44. The quantitative estimate of drug-likeness (QED) is 0.493. The largest absolute Gasteiger partial charge is 0.324 e. The predicted octanol–water partition coefficient (Wildman–Crippen LogP) is 3.91. The van der Waals surface area contributed by atoms with Gasteiger partial charge in [0.25, 0.3) is 0 Å². The summed E-state index contributed by atoms with van der Waals surface area (Å²) in [5, 5.41) is 12.4. The molecular weight excluding hydrogens is 370 g/mol. The van der Waals surface area contributed by atoms with Crippen LogP contribution >= 0.6 is 23.4 Å². The van der Waals surface area contributed by atoms with Crippen molar-refractivity contribution in [3.63, 3.8) is 0 Å². The lowest BCUT2D eigenvalue weighted by molar-refractivity contribution is -0.113. The third-order valence-corrected chi connectivity index (χ3v) is 4.72. The summed E-state index contributed by atoms with van der Waals surface area (Å²) >= 11 is 7.36. The number of benzene rings is 1. The van der Waals surface area contributed by atoms with Gasteiger partial charge in [-0.3, -0.25) is 14.3 Å². The van der Waals surface area contributed by atoms with E-state index in [4.69, 9.17) is 11.6 Å². The second-order valence-corrected chi connectivity index (χ2v) is 6.61. The number of rotatable bonds is 7. The van der Waals surface area contributed by atoms with E-state index in [2.05, 4.69) is 27.1 Å². The second kappa shape index (κ2) is 8.64. The van der Waals surface area contributed by atoms with Crippen molar-refractivity contribution < 1.29 is 4.79 Å². The Hall–Kier alpha value is -2.64. The van der Waals surface area contributed by atoms with E-state index in [1.807, 2.05) is 28.8 Å². The summed E-state index contributed by atoms with van der Waals surface area (Å²) < 4.78 is 1.90. The van der Waals surface area contributed by atoms with E-state index in [-0.39, 0.29) is 11.7 Å². The van der Waals surface area contributed by atoms with Crippen molar-refractivity contribution >= 4 is 35.0 Å². The molecule has 0 unspecified atom stereocenters. The first kappa shape index (κ1) is 18.2. The van der Waals surface area contributed by atoms with Gasteiger partial charge in [-0.05, 0) is 24.3 Å². The van der Waals surface area contributed by atoms with Crippen molar-refractivity contribution in [2.75, 3.05) is 11.1 Å². The predicted molar refractivity (Wildman–Crippen MR) is 104 cm³/mol. The van der Waals surface area contributed by atoms with E-state index in [0.717, 1.165) is 5.56 Å². The molecule has 1 N–H and O–H groups in total. The van der Waals surface area contributed by atoms with Gasteiger partial charge in [0.15, 0.2) is 11.0 Å². The number of anilines is 1. The monoisotopic (exact) mass is 385 g/mol. The Kier molecular flexibility index (Phi) is 6.04. The summed E-state index contributed by atoms with van der Waals surface area (Å²) in [5.74, 6) is 0.708. The summed E-state index contributed by atoms with van der Waals surface area (Å²) in [6.07, 6.45) is 5.19. The molecule has 0 aliphatic carbocycles. The maximum Gasteiger partial charge on any atom is 0.234 e. The van der Waals surface area contributed by atoms with Crippen LogP contribution < -0.4 is 5.32 Å². The molecule has 0 fully saturated rings. The van der Waals surface area contributed by atoms with Gasteiger partial charge in [0.05, 0.1) is 16.5 Å². The third-order valence-electron chi connectivity index (χ3n) is 3.43.